The zero-order valence-corrected chi connectivity index (χ0v) is 11.6. The first-order valence-corrected chi connectivity index (χ1v) is 6.74. The van der Waals surface area contributed by atoms with Gasteiger partial charge < -0.3 is 4.42 Å². The summed E-state index contributed by atoms with van der Waals surface area (Å²) in [4.78, 5) is 33.8. The summed E-state index contributed by atoms with van der Waals surface area (Å²) < 4.78 is 5.25. The molecular formula is C15H17NO4. The van der Waals surface area contributed by atoms with Crippen LogP contribution in [0.15, 0.2) is 20.5 Å². The van der Waals surface area contributed by atoms with E-state index in [4.69, 9.17) is 4.42 Å². The van der Waals surface area contributed by atoms with Crippen molar-refractivity contribution in [1.29, 1.82) is 0 Å². The topological polar surface area (TPSA) is 76.7 Å². The first-order valence-electron chi connectivity index (χ1n) is 6.74. The molecule has 0 bridgehead atoms. The number of hydrogen-bond donors (Lipinski definition) is 0. The zero-order valence-electron chi connectivity index (χ0n) is 11.6. The second-order valence-electron chi connectivity index (χ2n) is 5.14. The predicted octanol–water partition coefficient (Wildman–Crippen LogP) is 1.04. The summed E-state index contributed by atoms with van der Waals surface area (Å²) in [5.74, 6) is 0. The normalized spacial score (nSPS) is 18.4. The molecule has 0 saturated heterocycles. The van der Waals surface area contributed by atoms with Crippen LogP contribution < -0.4 is 16.3 Å². The van der Waals surface area contributed by atoms with Gasteiger partial charge in [-0.2, -0.15) is 4.91 Å². The lowest BCUT2D eigenvalue weighted by Crippen LogP contribution is -2.35. The number of fused-ring (bicyclic) bond motifs is 1. The summed E-state index contributed by atoms with van der Waals surface area (Å²) in [6.45, 7) is 3.91. The average Bonchev–Trinajstić information content (AvgIpc) is 2.55. The van der Waals surface area contributed by atoms with E-state index in [0.29, 0.717) is 23.7 Å². The van der Waals surface area contributed by atoms with Crippen LogP contribution in [0, 0.1) is 4.91 Å². The molecule has 5 nitrogen and oxygen atoms in total. The van der Waals surface area contributed by atoms with E-state index in [-0.39, 0.29) is 6.42 Å². The molecule has 0 fully saturated rings. The molecule has 106 valence electrons. The molecule has 1 aromatic heterocycles. The summed E-state index contributed by atoms with van der Waals surface area (Å²) in [7, 11) is 0. The van der Waals surface area contributed by atoms with Crippen LogP contribution in [0.3, 0.4) is 0 Å². The lowest BCUT2D eigenvalue weighted by atomic mass is 10.0. The van der Waals surface area contributed by atoms with Gasteiger partial charge in [0.05, 0.1) is 6.04 Å². The van der Waals surface area contributed by atoms with Gasteiger partial charge in [-0.15, -0.1) is 0 Å². The number of nitrogens with zero attached hydrogens (tertiary/aromatic N) is 1. The number of carbonyl (C=O) groups excluding carboxylic acids is 1. The Kier molecular flexibility index (Phi) is 4.27. The van der Waals surface area contributed by atoms with Crippen molar-refractivity contribution in [3.8, 4) is 0 Å². The average molecular weight is 275 g/mol. The first-order chi connectivity index (χ1) is 9.60. The second-order valence-corrected chi connectivity index (χ2v) is 5.14. The Balaban J connectivity index is 2.92. The minimum Gasteiger partial charge on any atom is -0.422 e. The minimum absolute atomic E-state index is 0.218. The van der Waals surface area contributed by atoms with Crippen LogP contribution in [-0.4, -0.2) is 12.3 Å². The fourth-order valence-corrected chi connectivity index (χ4v) is 2.75. The van der Waals surface area contributed by atoms with Crippen molar-refractivity contribution in [2.24, 2.45) is 5.18 Å². The molecule has 0 aliphatic heterocycles. The van der Waals surface area contributed by atoms with E-state index in [1.807, 2.05) is 13.8 Å². The smallest absolute Gasteiger partial charge is 0.336 e. The summed E-state index contributed by atoms with van der Waals surface area (Å²) in [6, 6.07) is 0.991. The molecule has 1 heterocycles. The molecular weight excluding hydrogens is 258 g/mol. The van der Waals surface area contributed by atoms with Crippen LogP contribution in [0.1, 0.15) is 38.7 Å². The fraction of sp³-hybridized carbons (Fsp3) is 0.467. The largest absolute Gasteiger partial charge is 0.422 e. The Morgan fingerprint density at radius 2 is 2.20 bits per heavy atom. The lowest BCUT2D eigenvalue weighted by molar-refractivity contribution is -0.103. The van der Waals surface area contributed by atoms with Crippen LogP contribution in [0.4, 0.5) is 0 Å². The SMILES string of the molecule is CCCc1cc(=O)oc2c1=C(C)CC(N=O)CC=2C=O. The van der Waals surface area contributed by atoms with Crippen molar-refractivity contribution in [3.63, 3.8) is 0 Å². The number of aryl methyl sites for hydroxylation is 1. The molecule has 2 rings (SSSR count). The highest BCUT2D eigenvalue weighted by Crippen LogP contribution is 2.17. The molecule has 1 aromatic rings. The Labute approximate surface area is 116 Å². The van der Waals surface area contributed by atoms with Gasteiger partial charge in [0, 0.05) is 23.3 Å². The number of aldehydes is 1. The van der Waals surface area contributed by atoms with Gasteiger partial charge in [-0.3, -0.25) is 4.79 Å². The highest BCUT2D eigenvalue weighted by Gasteiger charge is 2.20. The van der Waals surface area contributed by atoms with Gasteiger partial charge in [0.25, 0.3) is 0 Å². The minimum atomic E-state index is -0.484. The number of rotatable bonds is 4. The molecule has 0 amide bonds. The maximum Gasteiger partial charge on any atom is 0.336 e. The van der Waals surface area contributed by atoms with Crippen LogP contribution in [0.2, 0.25) is 0 Å². The van der Waals surface area contributed by atoms with E-state index in [2.05, 4.69) is 5.18 Å². The maximum atomic E-state index is 11.7. The summed E-state index contributed by atoms with van der Waals surface area (Å²) in [6.07, 6.45) is 2.98. The Hall–Kier alpha value is -2.04. The van der Waals surface area contributed by atoms with Crippen molar-refractivity contribution >= 4 is 17.4 Å². The molecule has 0 saturated carbocycles. The third-order valence-electron chi connectivity index (χ3n) is 3.57. The molecule has 0 aromatic carbocycles. The highest BCUT2D eigenvalue weighted by molar-refractivity contribution is 5.98. The summed E-state index contributed by atoms with van der Waals surface area (Å²) in [5, 5.41) is 3.87. The van der Waals surface area contributed by atoms with E-state index < -0.39 is 11.7 Å². The van der Waals surface area contributed by atoms with Crippen LogP contribution in [-0.2, 0) is 11.2 Å². The van der Waals surface area contributed by atoms with Crippen LogP contribution in [0.25, 0.3) is 11.1 Å². The number of carbonyl (C=O) groups is 1. The van der Waals surface area contributed by atoms with E-state index in [9.17, 15) is 14.5 Å². The molecule has 1 unspecified atom stereocenters. The molecule has 0 radical (unpaired) electrons. The quantitative estimate of drug-likeness (QED) is 0.607. The molecule has 5 heteroatoms. The van der Waals surface area contributed by atoms with Gasteiger partial charge in [0.15, 0.2) is 0 Å². The zero-order chi connectivity index (χ0) is 14.7. The maximum absolute atomic E-state index is 11.7. The van der Waals surface area contributed by atoms with Gasteiger partial charge in [0.1, 0.15) is 11.7 Å². The van der Waals surface area contributed by atoms with Crippen molar-refractivity contribution < 1.29 is 9.21 Å². The molecule has 0 N–H and O–H groups in total. The first kappa shape index (κ1) is 14.4. The molecule has 1 aliphatic rings. The Bertz CT molecular complexity index is 714. The van der Waals surface area contributed by atoms with Crippen molar-refractivity contribution in [3.05, 3.63) is 37.6 Å². The highest BCUT2D eigenvalue weighted by atomic mass is 16.4. The summed E-state index contributed by atoms with van der Waals surface area (Å²) >= 11 is 0. The van der Waals surface area contributed by atoms with E-state index >= 15 is 0 Å². The van der Waals surface area contributed by atoms with Crippen LogP contribution >= 0.6 is 0 Å². The molecule has 20 heavy (non-hydrogen) atoms. The Morgan fingerprint density at radius 1 is 1.45 bits per heavy atom. The predicted molar refractivity (Wildman–Crippen MR) is 75.6 cm³/mol. The molecule has 1 atom stereocenters. The van der Waals surface area contributed by atoms with Crippen molar-refractivity contribution in [1.82, 2.24) is 0 Å². The third-order valence-corrected chi connectivity index (χ3v) is 3.57. The van der Waals surface area contributed by atoms with E-state index in [1.165, 1.54) is 6.07 Å². The van der Waals surface area contributed by atoms with Gasteiger partial charge >= 0.3 is 5.63 Å². The van der Waals surface area contributed by atoms with Gasteiger partial charge in [0.2, 0.25) is 0 Å². The van der Waals surface area contributed by atoms with Crippen molar-refractivity contribution in [2.75, 3.05) is 0 Å². The summed E-state index contributed by atoms with van der Waals surface area (Å²) in [5.41, 5.74) is 2.02. The standard InChI is InChI=1S/C15H17NO4/c1-3-4-10-7-13(18)20-15-11(8-17)6-12(16-19)5-9(2)14(10)15/h7-8,12H,3-6H2,1-2H3. The van der Waals surface area contributed by atoms with Gasteiger partial charge in [-0.05, 0) is 25.3 Å². The third kappa shape index (κ3) is 2.61. The van der Waals surface area contributed by atoms with E-state index in [1.54, 1.807) is 0 Å². The van der Waals surface area contributed by atoms with Crippen LogP contribution in [0.5, 0.6) is 0 Å². The number of nitroso groups, excluding NO2 is 1. The second kappa shape index (κ2) is 5.94. The number of hydrogen-bond acceptors (Lipinski definition) is 5. The fourth-order valence-electron chi connectivity index (χ4n) is 2.75. The lowest BCUT2D eigenvalue weighted by Gasteiger charge is -2.05. The van der Waals surface area contributed by atoms with Gasteiger partial charge in [-0.25, -0.2) is 4.79 Å². The monoisotopic (exact) mass is 275 g/mol. The van der Waals surface area contributed by atoms with Gasteiger partial charge in [-0.1, -0.05) is 24.1 Å². The Morgan fingerprint density at radius 3 is 2.80 bits per heavy atom. The van der Waals surface area contributed by atoms with E-state index in [0.717, 1.165) is 29.2 Å². The molecule has 1 aliphatic carbocycles. The molecule has 0 spiro atoms. The van der Waals surface area contributed by atoms with Crippen molar-refractivity contribution in [2.45, 2.75) is 45.6 Å².